The first-order valence-corrected chi connectivity index (χ1v) is 5.40. The molecule has 1 atom stereocenters. The molecule has 1 unspecified atom stereocenters. The Kier molecular flexibility index (Phi) is 4.76. The molecule has 1 heterocycles. The number of ether oxygens (including phenoxy) is 2. The van der Waals surface area contributed by atoms with Crippen molar-refractivity contribution in [2.75, 3.05) is 6.61 Å². The van der Waals surface area contributed by atoms with E-state index in [4.69, 9.17) is 9.47 Å². The summed E-state index contributed by atoms with van der Waals surface area (Å²) >= 11 is 0. The lowest BCUT2D eigenvalue weighted by atomic mass is 10.2. The van der Waals surface area contributed by atoms with Crippen molar-refractivity contribution in [3.8, 4) is 11.8 Å². The van der Waals surface area contributed by atoms with Crippen molar-refractivity contribution in [1.82, 2.24) is 9.97 Å². The van der Waals surface area contributed by atoms with Gasteiger partial charge in [0.1, 0.15) is 12.4 Å². The van der Waals surface area contributed by atoms with E-state index in [2.05, 4.69) is 16.5 Å². The maximum Gasteiger partial charge on any atom is 0.220 e. The molecule has 1 aromatic heterocycles. The van der Waals surface area contributed by atoms with Crippen LogP contribution < -0.4 is 9.47 Å². The van der Waals surface area contributed by atoms with Crippen LogP contribution in [0.3, 0.4) is 0 Å². The number of rotatable bonds is 6. The fraction of sp³-hybridized carbons (Fsp3) is 0.500. The van der Waals surface area contributed by atoms with Gasteiger partial charge in [-0.3, -0.25) is 0 Å². The zero-order chi connectivity index (χ0) is 12.0. The highest BCUT2D eigenvalue weighted by atomic mass is 16.5. The summed E-state index contributed by atoms with van der Waals surface area (Å²) in [5, 5.41) is 0. The van der Waals surface area contributed by atoms with Gasteiger partial charge in [0.05, 0.1) is 12.7 Å². The summed E-state index contributed by atoms with van der Waals surface area (Å²) in [6, 6.07) is 1.69. The Balaban J connectivity index is 2.63. The smallest absolute Gasteiger partial charge is 0.220 e. The lowest BCUT2D eigenvalue weighted by Crippen LogP contribution is -2.13. The van der Waals surface area contributed by atoms with Crippen LogP contribution >= 0.6 is 0 Å². The molecule has 0 aromatic carbocycles. The Bertz CT molecular complexity index is 353. The third kappa shape index (κ3) is 3.88. The monoisotopic (exact) mass is 222 g/mol. The van der Waals surface area contributed by atoms with Gasteiger partial charge in [-0.15, -0.1) is 0 Å². The van der Waals surface area contributed by atoms with Crippen LogP contribution in [0.2, 0.25) is 0 Å². The summed E-state index contributed by atoms with van der Waals surface area (Å²) in [4.78, 5) is 8.01. The van der Waals surface area contributed by atoms with E-state index in [1.54, 1.807) is 6.07 Å². The van der Waals surface area contributed by atoms with E-state index in [-0.39, 0.29) is 6.10 Å². The summed E-state index contributed by atoms with van der Waals surface area (Å²) in [5.74, 6) is 1.05. The highest BCUT2D eigenvalue weighted by Gasteiger charge is 2.06. The molecule has 0 radical (unpaired) electrons. The molecule has 0 bridgehead atoms. The molecule has 1 aromatic rings. The average molecular weight is 222 g/mol. The predicted octanol–water partition coefficient (Wildman–Crippen LogP) is 2.61. The molecule has 4 heteroatoms. The zero-order valence-corrected chi connectivity index (χ0v) is 10.1. The Morgan fingerprint density at radius 1 is 1.44 bits per heavy atom. The highest BCUT2D eigenvalue weighted by Crippen LogP contribution is 2.16. The molecule has 0 spiro atoms. The van der Waals surface area contributed by atoms with Gasteiger partial charge in [0, 0.05) is 0 Å². The maximum atomic E-state index is 5.57. The second-order valence-corrected chi connectivity index (χ2v) is 3.65. The maximum absolute atomic E-state index is 5.57. The third-order valence-electron chi connectivity index (χ3n) is 2.06. The van der Waals surface area contributed by atoms with Crippen molar-refractivity contribution >= 4 is 0 Å². The number of hydrogen-bond donors (Lipinski definition) is 0. The van der Waals surface area contributed by atoms with E-state index in [1.807, 2.05) is 20.8 Å². The van der Waals surface area contributed by atoms with Gasteiger partial charge in [0.2, 0.25) is 11.8 Å². The van der Waals surface area contributed by atoms with Crippen LogP contribution in [-0.4, -0.2) is 22.7 Å². The molecule has 0 amide bonds. The minimum Gasteiger partial charge on any atom is -0.478 e. The molecule has 0 aliphatic heterocycles. The van der Waals surface area contributed by atoms with Gasteiger partial charge in [-0.05, 0) is 25.8 Å². The van der Waals surface area contributed by atoms with Crippen molar-refractivity contribution in [2.45, 2.75) is 33.3 Å². The molecule has 1 rings (SSSR count). The molecule has 0 aliphatic carbocycles. The van der Waals surface area contributed by atoms with Gasteiger partial charge in [-0.1, -0.05) is 13.5 Å². The Labute approximate surface area is 96.3 Å². The molecule has 0 fully saturated rings. The van der Waals surface area contributed by atoms with E-state index >= 15 is 0 Å². The van der Waals surface area contributed by atoms with Crippen LogP contribution in [0.25, 0.3) is 0 Å². The zero-order valence-electron chi connectivity index (χ0n) is 10.1. The van der Waals surface area contributed by atoms with Crippen LogP contribution in [0.15, 0.2) is 24.5 Å². The largest absolute Gasteiger partial charge is 0.478 e. The molecule has 0 N–H and O–H groups in total. The van der Waals surface area contributed by atoms with E-state index in [1.165, 1.54) is 6.33 Å². The van der Waals surface area contributed by atoms with Crippen LogP contribution in [0.5, 0.6) is 11.8 Å². The molecule has 16 heavy (non-hydrogen) atoms. The summed E-state index contributed by atoms with van der Waals surface area (Å²) in [6.45, 7) is 10.4. The van der Waals surface area contributed by atoms with Crippen molar-refractivity contribution < 1.29 is 9.47 Å². The van der Waals surface area contributed by atoms with Gasteiger partial charge >= 0.3 is 0 Å². The van der Waals surface area contributed by atoms with Gasteiger partial charge in [-0.25, -0.2) is 9.97 Å². The van der Waals surface area contributed by atoms with E-state index in [9.17, 15) is 0 Å². The van der Waals surface area contributed by atoms with E-state index < -0.39 is 0 Å². The first-order valence-electron chi connectivity index (χ1n) is 5.40. The van der Waals surface area contributed by atoms with Crippen LogP contribution in [-0.2, 0) is 0 Å². The fourth-order valence-corrected chi connectivity index (χ4v) is 0.955. The second-order valence-electron chi connectivity index (χ2n) is 3.65. The molecular weight excluding hydrogens is 204 g/mol. The second kappa shape index (κ2) is 6.10. The Hall–Kier alpha value is -1.58. The first-order chi connectivity index (χ1) is 7.63. The predicted molar refractivity (Wildman–Crippen MR) is 62.7 cm³/mol. The molecule has 0 saturated heterocycles. The minimum atomic E-state index is -0.0612. The van der Waals surface area contributed by atoms with Crippen molar-refractivity contribution in [3.05, 3.63) is 24.5 Å². The third-order valence-corrected chi connectivity index (χ3v) is 2.06. The lowest BCUT2D eigenvalue weighted by Gasteiger charge is -2.13. The number of aromatic nitrogens is 2. The van der Waals surface area contributed by atoms with Crippen molar-refractivity contribution in [2.24, 2.45) is 0 Å². The molecule has 4 nitrogen and oxygen atoms in total. The molecule has 88 valence electrons. The average Bonchev–Trinajstić information content (AvgIpc) is 2.26. The van der Waals surface area contributed by atoms with Crippen LogP contribution in [0.4, 0.5) is 0 Å². The van der Waals surface area contributed by atoms with Crippen LogP contribution in [0.1, 0.15) is 27.2 Å². The quantitative estimate of drug-likeness (QED) is 0.694. The van der Waals surface area contributed by atoms with E-state index in [0.29, 0.717) is 18.4 Å². The summed E-state index contributed by atoms with van der Waals surface area (Å²) in [6.07, 6.45) is 2.32. The Morgan fingerprint density at radius 3 is 2.75 bits per heavy atom. The van der Waals surface area contributed by atoms with Crippen molar-refractivity contribution in [1.29, 1.82) is 0 Å². The number of nitrogens with zero attached hydrogens (tertiary/aromatic N) is 2. The molecular formula is C12H18N2O2. The highest BCUT2D eigenvalue weighted by molar-refractivity contribution is 5.19. The minimum absolute atomic E-state index is 0.0612. The summed E-state index contributed by atoms with van der Waals surface area (Å²) < 4.78 is 11.0. The normalized spacial score (nSPS) is 11.9. The van der Waals surface area contributed by atoms with Gasteiger partial charge in [0.25, 0.3) is 0 Å². The molecule has 0 aliphatic rings. The summed E-state index contributed by atoms with van der Waals surface area (Å²) in [5.41, 5.74) is 0.953. The Morgan fingerprint density at radius 2 is 2.12 bits per heavy atom. The van der Waals surface area contributed by atoms with Gasteiger partial charge in [-0.2, -0.15) is 0 Å². The fourth-order valence-electron chi connectivity index (χ4n) is 0.955. The standard InChI is InChI=1S/C12H18N2O2/c1-5-6-15-11-7-12(14-8-13-11)16-10(4)9(2)3/h7-8,10H,2,5-6H2,1,3-4H3. The van der Waals surface area contributed by atoms with Crippen LogP contribution in [0, 0.1) is 0 Å². The summed E-state index contributed by atoms with van der Waals surface area (Å²) in [7, 11) is 0. The topological polar surface area (TPSA) is 44.2 Å². The molecule has 0 saturated carbocycles. The van der Waals surface area contributed by atoms with Crippen molar-refractivity contribution in [3.63, 3.8) is 0 Å². The SMILES string of the molecule is C=C(C)C(C)Oc1cc(OCCC)ncn1. The van der Waals surface area contributed by atoms with Gasteiger partial charge in [0.15, 0.2) is 0 Å². The lowest BCUT2D eigenvalue weighted by molar-refractivity contribution is 0.242. The van der Waals surface area contributed by atoms with E-state index in [0.717, 1.165) is 12.0 Å². The van der Waals surface area contributed by atoms with Gasteiger partial charge < -0.3 is 9.47 Å². The number of hydrogen-bond acceptors (Lipinski definition) is 4. The first kappa shape index (κ1) is 12.5.